The van der Waals surface area contributed by atoms with Gasteiger partial charge in [0.1, 0.15) is 17.2 Å². The SMILES string of the molecule is CCOc1c(-c2cccc(OC)c2)cccc1-c1cccc(OC)c1. The van der Waals surface area contributed by atoms with E-state index in [0.29, 0.717) is 6.61 Å². The van der Waals surface area contributed by atoms with Gasteiger partial charge in [-0.2, -0.15) is 0 Å². The minimum atomic E-state index is 0.595. The van der Waals surface area contributed by atoms with E-state index in [2.05, 4.69) is 24.3 Å². The molecule has 0 saturated heterocycles. The molecule has 0 heterocycles. The minimum absolute atomic E-state index is 0.595. The van der Waals surface area contributed by atoms with E-state index in [4.69, 9.17) is 14.2 Å². The van der Waals surface area contributed by atoms with Crippen molar-refractivity contribution in [2.75, 3.05) is 20.8 Å². The first-order chi connectivity index (χ1) is 12.3. The number of hydrogen-bond acceptors (Lipinski definition) is 3. The first kappa shape index (κ1) is 16.9. The molecule has 0 aliphatic heterocycles. The molecule has 0 N–H and O–H groups in total. The molecule has 3 aromatic rings. The third-order valence-corrected chi connectivity index (χ3v) is 4.07. The summed E-state index contributed by atoms with van der Waals surface area (Å²) in [7, 11) is 3.35. The van der Waals surface area contributed by atoms with E-state index in [1.54, 1.807) is 14.2 Å². The van der Waals surface area contributed by atoms with Crippen LogP contribution in [0.3, 0.4) is 0 Å². The fourth-order valence-electron chi connectivity index (χ4n) is 2.87. The summed E-state index contributed by atoms with van der Waals surface area (Å²) in [4.78, 5) is 0. The predicted octanol–water partition coefficient (Wildman–Crippen LogP) is 5.44. The van der Waals surface area contributed by atoms with Crippen molar-refractivity contribution in [3.8, 4) is 39.5 Å². The quantitative estimate of drug-likeness (QED) is 0.601. The maximum absolute atomic E-state index is 6.04. The van der Waals surface area contributed by atoms with Gasteiger partial charge in [0.25, 0.3) is 0 Å². The Hall–Kier alpha value is -2.94. The molecule has 0 spiro atoms. The number of hydrogen-bond donors (Lipinski definition) is 0. The molecule has 0 aliphatic rings. The molecule has 0 unspecified atom stereocenters. The van der Waals surface area contributed by atoms with Crippen molar-refractivity contribution < 1.29 is 14.2 Å². The van der Waals surface area contributed by atoms with Crippen LogP contribution in [0.25, 0.3) is 22.3 Å². The third kappa shape index (κ3) is 3.61. The molecule has 0 fully saturated rings. The average molecular weight is 334 g/mol. The molecular weight excluding hydrogens is 312 g/mol. The second-order valence-electron chi connectivity index (χ2n) is 5.58. The molecule has 128 valence electrons. The lowest BCUT2D eigenvalue weighted by Gasteiger charge is -2.16. The summed E-state index contributed by atoms with van der Waals surface area (Å²) in [5, 5.41) is 0. The van der Waals surface area contributed by atoms with E-state index < -0.39 is 0 Å². The van der Waals surface area contributed by atoms with E-state index in [9.17, 15) is 0 Å². The average Bonchev–Trinajstić information content (AvgIpc) is 2.68. The Morgan fingerprint density at radius 2 is 1.16 bits per heavy atom. The molecule has 0 radical (unpaired) electrons. The van der Waals surface area contributed by atoms with Gasteiger partial charge in [0, 0.05) is 11.1 Å². The highest BCUT2D eigenvalue weighted by molar-refractivity contribution is 5.83. The van der Waals surface area contributed by atoms with Crippen molar-refractivity contribution in [2.24, 2.45) is 0 Å². The standard InChI is InChI=1S/C22H22O3/c1-4-25-22-20(16-8-5-10-18(14-16)23-2)12-7-13-21(22)17-9-6-11-19(15-17)24-3/h5-15H,4H2,1-3H3. The van der Waals surface area contributed by atoms with Crippen molar-refractivity contribution in [1.82, 2.24) is 0 Å². The second-order valence-corrected chi connectivity index (χ2v) is 5.58. The molecule has 0 bridgehead atoms. The number of benzene rings is 3. The highest BCUT2D eigenvalue weighted by Crippen LogP contribution is 2.40. The number of para-hydroxylation sites is 1. The van der Waals surface area contributed by atoms with Gasteiger partial charge in [0.05, 0.1) is 20.8 Å². The Labute approximate surface area is 148 Å². The molecule has 3 rings (SSSR count). The van der Waals surface area contributed by atoms with E-state index in [1.165, 1.54) is 0 Å². The van der Waals surface area contributed by atoms with Crippen LogP contribution in [-0.2, 0) is 0 Å². The normalized spacial score (nSPS) is 10.4. The first-order valence-corrected chi connectivity index (χ1v) is 8.31. The summed E-state index contributed by atoms with van der Waals surface area (Å²) < 4.78 is 16.8. The zero-order valence-electron chi connectivity index (χ0n) is 14.8. The molecule has 0 amide bonds. The van der Waals surface area contributed by atoms with Crippen LogP contribution in [0.15, 0.2) is 66.7 Å². The van der Waals surface area contributed by atoms with Crippen molar-refractivity contribution in [2.45, 2.75) is 6.92 Å². The van der Waals surface area contributed by atoms with Crippen molar-refractivity contribution in [3.63, 3.8) is 0 Å². The number of ether oxygens (including phenoxy) is 3. The van der Waals surface area contributed by atoms with Crippen molar-refractivity contribution in [3.05, 3.63) is 66.7 Å². The van der Waals surface area contributed by atoms with Crippen LogP contribution < -0.4 is 14.2 Å². The highest BCUT2D eigenvalue weighted by atomic mass is 16.5. The van der Waals surface area contributed by atoms with E-state index in [0.717, 1.165) is 39.5 Å². The van der Waals surface area contributed by atoms with Gasteiger partial charge in [-0.15, -0.1) is 0 Å². The lowest BCUT2D eigenvalue weighted by Crippen LogP contribution is -1.97. The topological polar surface area (TPSA) is 27.7 Å². The van der Waals surface area contributed by atoms with Gasteiger partial charge in [0.15, 0.2) is 0 Å². The van der Waals surface area contributed by atoms with Crippen molar-refractivity contribution >= 4 is 0 Å². The summed E-state index contributed by atoms with van der Waals surface area (Å²) in [6.45, 7) is 2.59. The van der Waals surface area contributed by atoms with Gasteiger partial charge >= 0.3 is 0 Å². The lowest BCUT2D eigenvalue weighted by molar-refractivity contribution is 0.343. The molecule has 3 aromatic carbocycles. The zero-order chi connectivity index (χ0) is 17.6. The van der Waals surface area contributed by atoms with Crippen LogP contribution in [0.1, 0.15) is 6.92 Å². The number of methoxy groups -OCH3 is 2. The van der Waals surface area contributed by atoms with Gasteiger partial charge in [-0.1, -0.05) is 42.5 Å². The zero-order valence-corrected chi connectivity index (χ0v) is 14.8. The Kier molecular flexibility index (Phi) is 5.24. The highest BCUT2D eigenvalue weighted by Gasteiger charge is 2.14. The lowest BCUT2D eigenvalue weighted by atomic mass is 9.97. The van der Waals surface area contributed by atoms with E-state index >= 15 is 0 Å². The maximum Gasteiger partial charge on any atom is 0.134 e. The first-order valence-electron chi connectivity index (χ1n) is 8.31. The van der Waals surface area contributed by atoms with Gasteiger partial charge in [-0.25, -0.2) is 0 Å². The van der Waals surface area contributed by atoms with Gasteiger partial charge in [-0.3, -0.25) is 0 Å². The Morgan fingerprint density at radius 3 is 1.60 bits per heavy atom. The summed E-state index contributed by atoms with van der Waals surface area (Å²) in [6.07, 6.45) is 0. The van der Waals surface area contributed by atoms with Crippen LogP contribution in [0, 0.1) is 0 Å². The molecule has 0 aromatic heterocycles. The second kappa shape index (κ2) is 7.75. The Bertz CT molecular complexity index is 790. The van der Waals surface area contributed by atoms with Crippen LogP contribution in [0.5, 0.6) is 17.2 Å². The Balaban J connectivity index is 2.16. The largest absolute Gasteiger partial charge is 0.497 e. The third-order valence-electron chi connectivity index (χ3n) is 4.07. The van der Waals surface area contributed by atoms with Crippen molar-refractivity contribution in [1.29, 1.82) is 0 Å². The summed E-state index contributed by atoms with van der Waals surface area (Å²) in [5.41, 5.74) is 4.21. The molecule has 0 aliphatic carbocycles. The molecular formula is C22H22O3. The smallest absolute Gasteiger partial charge is 0.134 e. The summed E-state index contributed by atoms with van der Waals surface area (Å²) in [6, 6.07) is 22.2. The van der Waals surface area contributed by atoms with E-state index in [-0.39, 0.29) is 0 Å². The van der Waals surface area contributed by atoms with Gasteiger partial charge in [0.2, 0.25) is 0 Å². The maximum atomic E-state index is 6.04. The fourth-order valence-corrected chi connectivity index (χ4v) is 2.87. The van der Waals surface area contributed by atoms with Gasteiger partial charge < -0.3 is 14.2 Å². The summed E-state index contributed by atoms with van der Waals surface area (Å²) in [5.74, 6) is 2.52. The molecule has 0 saturated carbocycles. The van der Waals surface area contributed by atoms with Crippen LogP contribution >= 0.6 is 0 Å². The molecule has 3 heteroatoms. The molecule has 3 nitrogen and oxygen atoms in total. The number of rotatable bonds is 6. The summed E-state index contributed by atoms with van der Waals surface area (Å²) >= 11 is 0. The fraction of sp³-hybridized carbons (Fsp3) is 0.182. The molecule has 0 atom stereocenters. The Morgan fingerprint density at radius 1 is 0.680 bits per heavy atom. The monoisotopic (exact) mass is 334 g/mol. The minimum Gasteiger partial charge on any atom is -0.497 e. The predicted molar refractivity (Wildman–Crippen MR) is 102 cm³/mol. The van der Waals surface area contributed by atoms with E-state index in [1.807, 2.05) is 49.4 Å². The van der Waals surface area contributed by atoms with Gasteiger partial charge in [-0.05, 0) is 42.3 Å². The van der Waals surface area contributed by atoms with Crippen LogP contribution in [0.2, 0.25) is 0 Å². The molecule has 25 heavy (non-hydrogen) atoms. The van der Waals surface area contributed by atoms with Crippen LogP contribution in [0.4, 0.5) is 0 Å². The van der Waals surface area contributed by atoms with Crippen LogP contribution in [-0.4, -0.2) is 20.8 Å².